The Morgan fingerprint density at radius 2 is 1.51 bits per heavy atom. The van der Waals surface area contributed by atoms with Gasteiger partial charge in [-0.2, -0.15) is 0 Å². The quantitative estimate of drug-likeness (QED) is 0.155. The molecule has 4 aromatic rings. The van der Waals surface area contributed by atoms with Crippen LogP contribution in [0.15, 0.2) is 102 Å². The number of benzene rings is 4. The number of rotatable bonds is 14. The molecule has 4 rings (SSSR count). The van der Waals surface area contributed by atoms with E-state index < -0.39 is 28.5 Å². The molecule has 8 nitrogen and oxygen atoms in total. The summed E-state index contributed by atoms with van der Waals surface area (Å²) in [6.07, 6.45) is 0.169. The number of amides is 2. The van der Waals surface area contributed by atoms with E-state index in [1.165, 1.54) is 24.1 Å². The van der Waals surface area contributed by atoms with Crippen LogP contribution < -0.4 is 14.4 Å². The molecule has 0 saturated carbocycles. The summed E-state index contributed by atoms with van der Waals surface area (Å²) < 4.78 is 34.9. The van der Waals surface area contributed by atoms with Crippen LogP contribution in [0.3, 0.4) is 0 Å². The summed E-state index contributed by atoms with van der Waals surface area (Å²) >= 11 is 13.2. The number of hydrogen-bond acceptors (Lipinski definition) is 5. The van der Waals surface area contributed by atoms with Crippen LogP contribution in [-0.2, 0) is 32.6 Å². The second kappa shape index (κ2) is 16.2. The zero-order valence-corrected chi connectivity index (χ0v) is 29.1. The lowest BCUT2D eigenvalue weighted by Gasteiger charge is -2.34. The van der Waals surface area contributed by atoms with E-state index in [1.54, 1.807) is 54.6 Å². The Bertz CT molecular complexity index is 1760. The molecule has 0 aliphatic rings. The van der Waals surface area contributed by atoms with Crippen LogP contribution in [0, 0.1) is 12.8 Å². The molecule has 248 valence electrons. The number of halogens is 2. The standard InChI is InChI=1S/C36H39Cl2N3O5S/c1-25(2)22-39-36(43)34(20-27-10-6-5-7-11-27)40(23-31-32(37)14-9-15-33(31)38)35(42)24-41(28-12-8-13-29(21-28)46-4)47(44,45)30-18-16-26(3)17-19-30/h5-19,21,25,34H,20,22-24H2,1-4H3,(H,39,43)/t34-/m1/s1. The zero-order valence-electron chi connectivity index (χ0n) is 26.8. The van der Waals surface area contributed by atoms with E-state index in [4.69, 9.17) is 27.9 Å². The third-order valence-corrected chi connectivity index (χ3v) is 10.1. The molecule has 0 saturated heterocycles. The molecule has 0 spiro atoms. The maximum atomic E-state index is 14.6. The highest BCUT2D eigenvalue weighted by Crippen LogP contribution is 2.30. The molecule has 0 heterocycles. The van der Waals surface area contributed by atoms with Crippen LogP contribution in [0.25, 0.3) is 0 Å². The molecule has 4 aromatic carbocycles. The minimum Gasteiger partial charge on any atom is -0.497 e. The average Bonchev–Trinajstić information content (AvgIpc) is 3.05. The van der Waals surface area contributed by atoms with Gasteiger partial charge in [0.1, 0.15) is 18.3 Å². The second-order valence-corrected chi connectivity index (χ2v) is 14.3. The number of nitrogens with one attached hydrogen (secondary N) is 1. The monoisotopic (exact) mass is 695 g/mol. The van der Waals surface area contributed by atoms with E-state index in [-0.39, 0.29) is 35.4 Å². The Morgan fingerprint density at radius 1 is 0.872 bits per heavy atom. The molecule has 0 aliphatic carbocycles. The molecule has 1 atom stereocenters. The van der Waals surface area contributed by atoms with Crippen LogP contribution in [0.2, 0.25) is 10.0 Å². The number of anilines is 1. The van der Waals surface area contributed by atoms with E-state index in [0.29, 0.717) is 27.9 Å². The maximum absolute atomic E-state index is 14.6. The highest BCUT2D eigenvalue weighted by Gasteiger charge is 2.35. The van der Waals surface area contributed by atoms with E-state index in [9.17, 15) is 18.0 Å². The first kappa shape index (κ1) is 35.8. The number of methoxy groups -OCH3 is 1. The van der Waals surface area contributed by atoms with Gasteiger partial charge in [-0.1, -0.05) is 97.2 Å². The summed E-state index contributed by atoms with van der Waals surface area (Å²) in [4.78, 5) is 29.9. The summed E-state index contributed by atoms with van der Waals surface area (Å²) in [5.41, 5.74) is 2.36. The van der Waals surface area contributed by atoms with E-state index >= 15 is 0 Å². The average molecular weight is 697 g/mol. The SMILES string of the molecule is COc1cccc(N(CC(=O)N(Cc2c(Cl)cccc2Cl)[C@H](Cc2ccccc2)C(=O)NCC(C)C)S(=O)(=O)c2ccc(C)cc2)c1. The number of sulfonamides is 1. The normalized spacial score (nSPS) is 12.0. The van der Waals surface area contributed by atoms with Crippen molar-refractivity contribution >= 4 is 50.7 Å². The molecule has 0 aliphatic heterocycles. The first-order chi connectivity index (χ1) is 22.4. The molecule has 0 radical (unpaired) electrons. The Balaban J connectivity index is 1.84. The number of hydrogen-bond donors (Lipinski definition) is 1. The number of ether oxygens (including phenoxy) is 1. The van der Waals surface area contributed by atoms with Gasteiger partial charge in [-0.05, 0) is 54.8 Å². The highest BCUT2D eigenvalue weighted by atomic mass is 35.5. The molecule has 1 N–H and O–H groups in total. The smallest absolute Gasteiger partial charge is 0.264 e. The molecule has 0 unspecified atom stereocenters. The molecular weight excluding hydrogens is 657 g/mol. The summed E-state index contributed by atoms with van der Waals surface area (Å²) in [7, 11) is -2.79. The van der Waals surface area contributed by atoms with Gasteiger partial charge in [-0.3, -0.25) is 13.9 Å². The van der Waals surface area contributed by atoms with Gasteiger partial charge in [-0.15, -0.1) is 0 Å². The van der Waals surface area contributed by atoms with Crippen LogP contribution in [0.5, 0.6) is 5.75 Å². The Hall–Kier alpha value is -4.05. The van der Waals surface area contributed by atoms with Crippen molar-refractivity contribution in [1.82, 2.24) is 10.2 Å². The molecule has 0 fully saturated rings. The Morgan fingerprint density at radius 3 is 2.13 bits per heavy atom. The summed E-state index contributed by atoms with van der Waals surface area (Å²) in [6, 6.07) is 26.2. The lowest BCUT2D eigenvalue weighted by atomic mass is 10.0. The van der Waals surface area contributed by atoms with Gasteiger partial charge in [0.25, 0.3) is 10.0 Å². The lowest BCUT2D eigenvalue weighted by molar-refractivity contribution is -0.140. The van der Waals surface area contributed by atoms with Crippen molar-refractivity contribution in [2.24, 2.45) is 5.92 Å². The zero-order chi connectivity index (χ0) is 34.1. The van der Waals surface area contributed by atoms with Crippen molar-refractivity contribution in [1.29, 1.82) is 0 Å². The predicted octanol–water partition coefficient (Wildman–Crippen LogP) is 6.92. The van der Waals surface area contributed by atoms with Crippen LogP contribution in [-0.4, -0.2) is 51.4 Å². The lowest BCUT2D eigenvalue weighted by Crippen LogP contribution is -2.53. The van der Waals surface area contributed by atoms with Gasteiger partial charge in [0.2, 0.25) is 11.8 Å². The first-order valence-electron chi connectivity index (χ1n) is 15.2. The van der Waals surface area contributed by atoms with Crippen molar-refractivity contribution in [2.75, 3.05) is 24.5 Å². The van der Waals surface area contributed by atoms with Crippen LogP contribution in [0.4, 0.5) is 5.69 Å². The summed E-state index contributed by atoms with van der Waals surface area (Å²) in [5.74, 6) is -0.441. The Labute approximate surface area is 287 Å². The minimum absolute atomic E-state index is 0.00919. The highest BCUT2D eigenvalue weighted by molar-refractivity contribution is 7.92. The minimum atomic E-state index is -4.26. The van der Waals surface area contributed by atoms with Gasteiger partial charge in [0.05, 0.1) is 17.7 Å². The number of carbonyl (C=O) groups is 2. The number of carbonyl (C=O) groups excluding carboxylic acids is 2. The van der Waals surface area contributed by atoms with Gasteiger partial charge in [0.15, 0.2) is 0 Å². The van der Waals surface area contributed by atoms with Crippen LogP contribution >= 0.6 is 23.2 Å². The summed E-state index contributed by atoms with van der Waals surface area (Å²) in [6.45, 7) is 5.43. The number of aryl methyl sites for hydroxylation is 1. The molecular formula is C36H39Cl2N3O5S. The third-order valence-electron chi connectivity index (χ3n) is 7.57. The molecule has 11 heteroatoms. The van der Waals surface area contributed by atoms with Crippen molar-refractivity contribution in [2.45, 2.75) is 44.7 Å². The van der Waals surface area contributed by atoms with Crippen molar-refractivity contribution in [3.8, 4) is 5.75 Å². The fourth-order valence-electron chi connectivity index (χ4n) is 4.96. The van der Waals surface area contributed by atoms with Crippen LogP contribution in [0.1, 0.15) is 30.5 Å². The summed E-state index contributed by atoms with van der Waals surface area (Å²) in [5, 5.41) is 3.59. The van der Waals surface area contributed by atoms with Crippen molar-refractivity contribution in [3.63, 3.8) is 0 Å². The maximum Gasteiger partial charge on any atom is 0.264 e. The van der Waals surface area contributed by atoms with Crippen molar-refractivity contribution < 1.29 is 22.7 Å². The van der Waals surface area contributed by atoms with Gasteiger partial charge in [-0.25, -0.2) is 8.42 Å². The predicted molar refractivity (Wildman–Crippen MR) is 187 cm³/mol. The van der Waals surface area contributed by atoms with Crippen molar-refractivity contribution in [3.05, 3.63) is 124 Å². The van der Waals surface area contributed by atoms with Gasteiger partial charge in [0, 0.05) is 41.2 Å². The number of nitrogens with zero attached hydrogens (tertiary/aromatic N) is 2. The molecule has 2 amide bonds. The topological polar surface area (TPSA) is 96.0 Å². The van der Waals surface area contributed by atoms with E-state index in [2.05, 4.69) is 5.32 Å². The molecule has 47 heavy (non-hydrogen) atoms. The third kappa shape index (κ3) is 9.28. The molecule has 0 aromatic heterocycles. The second-order valence-electron chi connectivity index (χ2n) is 11.6. The fourth-order valence-corrected chi connectivity index (χ4v) is 6.89. The van der Waals surface area contributed by atoms with E-state index in [1.807, 2.05) is 51.1 Å². The first-order valence-corrected chi connectivity index (χ1v) is 17.4. The van der Waals surface area contributed by atoms with Gasteiger partial charge >= 0.3 is 0 Å². The Kier molecular flexibility index (Phi) is 12.3. The van der Waals surface area contributed by atoms with E-state index in [0.717, 1.165) is 15.4 Å². The van der Waals surface area contributed by atoms with Gasteiger partial charge < -0.3 is 15.0 Å². The largest absolute Gasteiger partial charge is 0.497 e. The molecule has 0 bridgehead atoms. The fraction of sp³-hybridized carbons (Fsp3) is 0.278.